The predicted molar refractivity (Wildman–Crippen MR) is 77.1 cm³/mol. The van der Waals surface area contributed by atoms with Crippen LogP contribution in [0.2, 0.25) is 0 Å². The molecular formula is C13H26NO6P. The summed E-state index contributed by atoms with van der Waals surface area (Å²) in [5.74, 6) is -0.702. The molecule has 0 saturated heterocycles. The number of hydrogen-bond donors (Lipinski definition) is 0. The molecule has 0 aromatic carbocycles. The summed E-state index contributed by atoms with van der Waals surface area (Å²) in [5, 5.41) is 0. The van der Waals surface area contributed by atoms with Crippen LogP contribution >= 0.6 is 7.82 Å². The first-order valence-electron chi connectivity index (χ1n) is 6.78. The Kier molecular flexibility index (Phi) is 8.36. The van der Waals surface area contributed by atoms with E-state index in [1.54, 1.807) is 6.92 Å². The molecule has 21 heavy (non-hydrogen) atoms. The Bertz CT molecular complexity index is 404. The van der Waals surface area contributed by atoms with Gasteiger partial charge in [-0.15, -0.1) is 0 Å². The number of carbonyl (C=O) groups is 1. The Labute approximate surface area is 126 Å². The van der Waals surface area contributed by atoms with Gasteiger partial charge in [0.1, 0.15) is 0 Å². The summed E-state index contributed by atoms with van der Waals surface area (Å²) in [5.41, 5.74) is 0.168. The number of nitrogens with zero attached hydrogens (tertiary/aromatic N) is 1. The number of hydrogen-bond acceptors (Lipinski definition) is 6. The minimum Gasteiger partial charge on any atom is -0.756 e. The van der Waals surface area contributed by atoms with Crippen LogP contribution in [0, 0.1) is 0 Å². The Hall–Kier alpha value is -0.720. The maximum Gasteiger partial charge on any atom is 0.335 e. The van der Waals surface area contributed by atoms with Crippen LogP contribution in [0.1, 0.15) is 26.7 Å². The average Bonchev–Trinajstić information content (AvgIpc) is 2.32. The van der Waals surface area contributed by atoms with Crippen molar-refractivity contribution in [3.05, 3.63) is 12.2 Å². The molecule has 0 aromatic rings. The lowest BCUT2D eigenvalue weighted by Crippen LogP contribution is -2.35. The van der Waals surface area contributed by atoms with Crippen molar-refractivity contribution in [3.8, 4) is 0 Å². The topological polar surface area (TPSA) is 84.9 Å². The number of quaternary nitrogens is 1. The molecule has 7 nitrogen and oxygen atoms in total. The molecule has 0 aromatic heterocycles. The van der Waals surface area contributed by atoms with Gasteiger partial charge in [0, 0.05) is 18.4 Å². The number of carbonyl (C=O) groups excluding carboxylic acids is 1. The Balaban J connectivity index is 4.27. The van der Waals surface area contributed by atoms with Gasteiger partial charge in [-0.05, 0) is 6.92 Å². The summed E-state index contributed by atoms with van der Waals surface area (Å²) in [6, 6.07) is 0. The van der Waals surface area contributed by atoms with Gasteiger partial charge in [-0.3, -0.25) is 9.09 Å². The fourth-order valence-electron chi connectivity index (χ4n) is 1.29. The van der Waals surface area contributed by atoms with E-state index < -0.39 is 20.1 Å². The second-order valence-electron chi connectivity index (χ2n) is 5.78. The molecule has 0 fully saturated rings. The minimum absolute atomic E-state index is 0.0289. The third-order valence-corrected chi connectivity index (χ3v) is 3.38. The van der Waals surface area contributed by atoms with Gasteiger partial charge in [0.25, 0.3) is 7.82 Å². The summed E-state index contributed by atoms with van der Waals surface area (Å²) in [6.07, 6.45) is -0.439. The summed E-state index contributed by atoms with van der Waals surface area (Å²) in [4.78, 5) is 23.0. The van der Waals surface area contributed by atoms with Crippen molar-refractivity contribution in [2.24, 2.45) is 0 Å². The Morgan fingerprint density at radius 1 is 1.38 bits per heavy atom. The van der Waals surface area contributed by atoms with Crippen molar-refractivity contribution in [2.75, 3.05) is 34.3 Å². The summed E-state index contributed by atoms with van der Waals surface area (Å²) >= 11 is 0. The smallest absolute Gasteiger partial charge is 0.335 e. The quantitative estimate of drug-likeness (QED) is 0.151. The standard InChI is InChI=1S/C13H26NO6P/c1-7-12(19-13(15)11(2)3)20-21(16,17)18-10-8-9-14(4,5)6/h12H,2,7-10H2,1,3-6H3. The number of phosphoric acid groups is 1. The molecule has 0 bridgehead atoms. The molecule has 0 radical (unpaired) electrons. The lowest BCUT2D eigenvalue weighted by molar-refractivity contribution is -0.870. The molecule has 2 unspecified atom stereocenters. The zero-order valence-corrected chi connectivity index (χ0v) is 14.4. The van der Waals surface area contributed by atoms with Crippen molar-refractivity contribution >= 4 is 13.8 Å². The largest absolute Gasteiger partial charge is 0.756 e. The van der Waals surface area contributed by atoms with Crippen molar-refractivity contribution in [3.63, 3.8) is 0 Å². The first kappa shape index (κ1) is 20.3. The highest BCUT2D eigenvalue weighted by Crippen LogP contribution is 2.40. The molecule has 0 N–H and O–H groups in total. The Morgan fingerprint density at radius 2 is 1.95 bits per heavy atom. The Morgan fingerprint density at radius 3 is 2.38 bits per heavy atom. The SMILES string of the molecule is C=C(C)C(=O)OC(CC)OP(=O)([O-])OCCC[N+](C)(C)C. The number of phosphoric ester groups is 1. The first-order valence-corrected chi connectivity index (χ1v) is 8.24. The molecule has 0 aliphatic carbocycles. The van der Waals surface area contributed by atoms with Gasteiger partial charge in [0.2, 0.25) is 6.29 Å². The van der Waals surface area contributed by atoms with Gasteiger partial charge in [-0.1, -0.05) is 13.5 Å². The van der Waals surface area contributed by atoms with E-state index in [1.807, 2.05) is 21.1 Å². The lowest BCUT2D eigenvalue weighted by atomic mass is 10.3. The molecule has 8 heteroatoms. The summed E-state index contributed by atoms with van der Waals surface area (Å²) in [6.45, 7) is 7.30. The molecule has 0 saturated carbocycles. The first-order chi connectivity index (χ1) is 9.47. The van der Waals surface area contributed by atoms with E-state index in [0.717, 1.165) is 6.54 Å². The van der Waals surface area contributed by atoms with Crippen LogP contribution < -0.4 is 4.89 Å². The second-order valence-corrected chi connectivity index (χ2v) is 7.14. The zero-order chi connectivity index (χ0) is 16.7. The molecule has 124 valence electrons. The zero-order valence-electron chi connectivity index (χ0n) is 13.5. The molecular weight excluding hydrogens is 297 g/mol. The van der Waals surface area contributed by atoms with E-state index in [4.69, 9.17) is 13.8 Å². The van der Waals surface area contributed by atoms with E-state index in [0.29, 0.717) is 10.9 Å². The van der Waals surface area contributed by atoms with Gasteiger partial charge in [0.15, 0.2) is 0 Å². The molecule has 0 rings (SSSR count). The molecule has 2 atom stereocenters. The van der Waals surface area contributed by atoms with Crippen molar-refractivity contribution in [2.45, 2.75) is 33.0 Å². The normalized spacial score (nSPS) is 16.1. The summed E-state index contributed by atoms with van der Waals surface area (Å²) < 4.78 is 26.7. The highest BCUT2D eigenvalue weighted by Gasteiger charge is 2.21. The predicted octanol–water partition coefficient (Wildman–Crippen LogP) is 1.44. The van der Waals surface area contributed by atoms with Crippen LogP contribution in [0.15, 0.2) is 12.2 Å². The second kappa shape index (κ2) is 8.66. The van der Waals surface area contributed by atoms with Crippen molar-refractivity contribution in [1.82, 2.24) is 0 Å². The fourth-order valence-corrected chi connectivity index (χ4v) is 2.18. The van der Waals surface area contributed by atoms with Gasteiger partial charge < -0.3 is 18.6 Å². The fraction of sp³-hybridized carbons (Fsp3) is 0.769. The maximum absolute atomic E-state index is 11.6. The lowest BCUT2D eigenvalue weighted by Gasteiger charge is -2.28. The van der Waals surface area contributed by atoms with E-state index in [1.165, 1.54) is 6.92 Å². The van der Waals surface area contributed by atoms with E-state index in [2.05, 4.69) is 6.58 Å². The molecule has 0 aliphatic rings. The molecule has 0 amide bonds. The highest BCUT2D eigenvalue weighted by atomic mass is 31.2. The number of rotatable bonds is 10. The van der Waals surface area contributed by atoms with Crippen LogP contribution in [-0.4, -0.2) is 51.0 Å². The van der Waals surface area contributed by atoms with Crippen LogP contribution in [0.4, 0.5) is 0 Å². The molecule has 0 aliphatic heterocycles. The van der Waals surface area contributed by atoms with Crippen LogP contribution in [0.5, 0.6) is 0 Å². The van der Waals surface area contributed by atoms with Gasteiger partial charge >= 0.3 is 5.97 Å². The van der Waals surface area contributed by atoms with Crippen molar-refractivity contribution in [1.29, 1.82) is 0 Å². The van der Waals surface area contributed by atoms with E-state index in [9.17, 15) is 14.3 Å². The highest BCUT2D eigenvalue weighted by molar-refractivity contribution is 7.45. The van der Waals surface area contributed by atoms with Crippen molar-refractivity contribution < 1.29 is 32.5 Å². The molecule has 0 heterocycles. The van der Waals surface area contributed by atoms with Gasteiger partial charge in [-0.2, -0.15) is 0 Å². The third-order valence-electron chi connectivity index (χ3n) is 2.39. The van der Waals surface area contributed by atoms with Crippen LogP contribution in [0.3, 0.4) is 0 Å². The number of ether oxygens (including phenoxy) is 1. The van der Waals surface area contributed by atoms with E-state index in [-0.39, 0.29) is 18.6 Å². The number of esters is 1. The van der Waals surface area contributed by atoms with Crippen LogP contribution in [0.25, 0.3) is 0 Å². The van der Waals surface area contributed by atoms with Gasteiger partial charge in [-0.25, -0.2) is 4.79 Å². The maximum atomic E-state index is 11.6. The van der Waals surface area contributed by atoms with E-state index >= 15 is 0 Å². The van der Waals surface area contributed by atoms with Crippen LogP contribution in [-0.2, 0) is 23.1 Å². The minimum atomic E-state index is -4.50. The monoisotopic (exact) mass is 323 g/mol. The van der Waals surface area contributed by atoms with Gasteiger partial charge in [0.05, 0.1) is 34.3 Å². The molecule has 0 spiro atoms. The third kappa shape index (κ3) is 10.6. The summed E-state index contributed by atoms with van der Waals surface area (Å²) in [7, 11) is 1.49. The average molecular weight is 323 g/mol.